The molecule has 1 saturated heterocycles. The first kappa shape index (κ1) is 12.7. The Bertz CT molecular complexity index is 369. The van der Waals surface area contributed by atoms with Crippen molar-refractivity contribution in [1.29, 1.82) is 0 Å². The summed E-state index contributed by atoms with van der Waals surface area (Å²) in [6.45, 7) is 4.51. The zero-order valence-corrected chi connectivity index (χ0v) is 11.3. The Morgan fingerprint density at radius 2 is 2.12 bits per heavy atom. The molecule has 0 amide bonds. The van der Waals surface area contributed by atoms with Crippen molar-refractivity contribution in [3.05, 3.63) is 29.3 Å². The predicted molar refractivity (Wildman–Crippen MR) is 71.8 cm³/mol. The molecule has 1 aromatic carbocycles. The SMILES string of the molecule is CC1CN(C)CCCC1Oc1ccccc1Cl. The summed E-state index contributed by atoms with van der Waals surface area (Å²) in [4.78, 5) is 2.38. The molecule has 3 heteroatoms. The van der Waals surface area contributed by atoms with E-state index < -0.39 is 0 Å². The quantitative estimate of drug-likeness (QED) is 0.801. The molecule has 2 nitrogen and oxygen atoms in total. The summed E-state index contributed by atoms with van der Waals surface area (Å²) in [5, 5.41) is 0.706. The molecule has 2 rings (SSSR count). The molecule has 0 spiro atoms. The molecule has 1 fully saturated rings. The molecule has 17 heavy (non-hydrogen) atoms. The van der Waals surface area contributed by atoms with Crippen LogP contribution in [0.5, 0.6) is 5.75 Å². The van der Waals surface area contributed by atoms with E-state index in [0.29, 0.717) is 10.9 Å². The third-order valence-electron chi connectivity index (χ3n) is 3.38. The van der Waals surface area contributed by atoms with E-state index in [2.05, 4.69) is 18.9 Å². The molecule has 0 radical (unpaired) electrons. The number of nitrogens with zero attached hydrogens (tertiary/aromatic N) is 1. The smallest absolute Gasteiger partial charge is 0.138 e. The largest absolute Gasteiger partial charge is 0.489 e. The van der Waals surface area contributed by atoms with Crippen LogP contribution in [0.3, 0.4) is 0 Å². The van der Waals surface area contributed by atoms with Gasteiger partial charge < -0.3 is 9.64 Å². The van der Waals surface area contributed by atoms with Gasteiger partial charge in [0.05, 0.1) is 5.02 Å². The molecule has 1 aliphatic heterocycles. The van der Waals surface area contributed by atoms with Crippen LogP contribution < -0.4 is 4.74 Å². The van der Waals surface area contributed by atoms with E-state index >= 15 is 0 Å². The van der Waals surface area contributed by atoms with Crippen LogP contribution in [0.4, 0.5) is 0 Å². The van der Waals surface area contributed by atoms with Gasteiger partial charge in [-0.2, -0.15) is 0 Å². The molecular formula is C14H20ClNO. The summed E-state index contributed by atoms with van der Waals surface area (Å²) in [5.74, 6) is 1.36. The summed E-state index contributed by atoms with van der Waals surface area (Å²) in [5.41, 5.74) is 0. The Kier molecular flexibility index (Phi) is 4.30. The van der Waals surface area contributed by atoms with Crippen molar-refractivity contribution in [3.8, 4) is 5.75 Å². The van der Waals surface area contributed by atoms with Gasteiger partial charge in [0.2, 0.25) is 0 Å². The zero-order chi connectivity index (χ0) is 12.3. The van der Waals surface area contributed by atoms with Gasteiger partial charge in [-0.25, -0.2) is 0 Å². The highest BCUT2D eigenvalue weighted by atomic mass is 35.5. The van der Waals surface area contributed by atoms with E-state index in [1.54, 1.807) is 0 Å². The highest BCUT2D eigenvalue weighted by Crippen LogP contribution is 2.28. The maximum Gasteiger partial charge on any atom is 0.138 e. The first-order chi connectivity index (χ1) is 8.16. The van der Waals surface area contributed by atoms with Gasteiger partial charge in [0.1, 0.15) is 11.9 Å². The molecular weight excluding hydrogens is 234 g/mol. The highest BCUT2D eigenvalue weighted by Gasteiger charge is 2.24. The summed E-state index contributed by atoms with van der Waals surface area (Å²) in [6.07, 6.45) is 2.58. The fourth-order valence-electron chi connectivity index (χ4n) is 2.43. The minimum absolute atomic E-state index is 0.278. The number of halogens is 1. The predicted octanol–water partition coefficient (Wildman–Crippen LogP) is 3.45. The van der Waals surface area contributed by atoms with Crippen molar-refractivity contribution < 1.29 is 4.74 Å². The normalized spacial score (nSPS) is 26.5. The molecule has 0 aromatic heterocycles. The lowest BCUT2D eigenvalue weighted by atomic mass is 10.0. The van der Waals surface area contributed by atoms with Gasteiger partial charge in [-0.15, -0.1) is 0 Å². The Hall–Kier alpha value is -0.730. The van der Waals surface area contributed by atoms with E-state index in [4.69, 9.17) is 16.3 Å². The Balaban J connectivity index is 2.05. The van der Waals surface area contributed by atoms with Gasteiger partial charge in [-0.3, -0.25) is 0 Å². The highest BCUT2D eigenvalue weighted by molar-refractivity contribution is 6.32. The fraction of sp³-hybridized carbons (Fsp3) is 0.571. The maximum absolute atomic E-state index is 6.13. The lowest BCUT2D eigenvalue weighted by Gasteiger charge is -2.24. The van der Waals surface area contributed by atoms with Crippen LogP contribution in [-0.2, 0) is 0 Å². The third kappa shape index (κ3) is 3.36. The molecule has 2 unspecified atom stereocenters. The molecule has 0 N–H and O–H groups in total. The summed E-state index contributed by atoms with van der Waals surface area (Å²) >= 11 is 6.13. The van der Waals surface area contributed by atoms with Crippen LogP contribution in [0.15, 0.2) is 24.3 Å². The Morgan fingerprint density at radius 1 is 1.35 bits per heavy atom. The van der Waals surface area contributed by atoms with Crippen molar-refractivity contribution in [2.45, 2.75) is 25.9 Å². The lowest BCUT2D eigenvalue weighted by molar-refractivity contribution is 0.131. The molecule has 94 valence electrons. The number of likely N-dealkylation sites (tertiary alicyclic amines) is 1. The average molecular weight is 254 g/mol. The van der Waals surface area contributed by atoms with Gasteiger partial charge in [0.25, 0.3) is 0 Å². The minimum atomic E-state index is 0.278. The van der Waals surface area contributed by atoms with Crippen LogP contribution in [0, 0.1) is 5.92 Å². The third-order valence-corrected chi connectivity index (χ3v) is 3.69. The second-order valence-electron chi connectivity index (χ2n) is 4.97. The number of hydrogen-bond acceptors (Lipinski definition) is 2. The van der Waals surface area contributed by atoms with Crippen LogP contribution in [0.2, 0.25) is 5.02 Å². The Labute approximate surface area is 109 Å². The standard InChI is InChI=1S/C14H20ClNO/c1-11-10-16(2)9-5-8-13(11)17-14-7-4-3-6-12(14)15/h3-4,6-7,11,13H,5,8-10H2,1-2H3. The zero-order valence-electron chi connectivity index (χ0n) is 10.5. The van der Waals surface area contributed by atoms with Crippen molar-refractivity contribution in [2.24, 2.45) is 5.92 Å². The van der Waals surface area contributed by atoms with Gasteiger partial charge >= 0.3 is 0 Å². The molecule has 2 atom stereocenters. The number of ether oxygens (including phenoxy) is 1. The van der Waals surface area contributed by atoms with Crippen molar-refractivity contribution in [3.63, 3.8) is 0 Å². The number of rotatable bonds is 2. The molecule has 0 bridgehead atoms. The number of hydrogen-bond donors (Lipinski definition) is 0. The summed E-state index contributed by atoms with van der Waals surface area (Å²) in [7, 11) is 2.17. The van der Waals surface area contributed by atoms with Crippen molar-refractivity contribution in [2.75, 3.05) is 20.1 Å². The molecule has 0 saturated carbocycles. The summed E-state index contributed by atoms with van der Waals surface area (Å²) in [6, 6.07) is 7.72. The van der Waals surface area contributed by atoms with Crippen LogP contribution in [0.1, 0.15) is 19.8 Å². The summed E-state index contributed by atoms with van der Waals surface area (Å²) < 4.78 is 6.07. The van der Waals surface area contributed by atoms with Gasteiger partial charge in [-0.05, 0) is 38.6 Å². The minimum Gasteiger partial charge on any atom is -0.489 e. The van der Waals surface area contributed by atoms with E-state index in [1.165, 1.54) is 6.42 Å². The number of benzene rings is 1. The molecule has 0 aliphatic carbocycles. The van der Waals surface area contributed by atoms with E-state index in [-0.39, 0.29) is 6.10 Å². The molecule has 1 aliphatic rings. The van der Waals surface area contributed by atoms with Crippen LogP contribution in [-0.4, -0.2) is 31.1 Å². The fourth-order valence-corrected chi connectivity index (χ4v) is 2.61. The second kappa shape index (κ2) is 5.74. The van der Waals surface area contributed by atoms with E-state index in [0.717, 1.165) is 25.3 Å². The van der Waals surface area contributed by atoms with Crippen molar-refractivity contribution >= 4 is 11.6 Å². The topological polar surface area (TPSA) is 12.5 Å². The first-order valence-electron chi connectivity index (χ1n) is 6.26. The molecule has 1 aromatic rings. The van der Waals surface area contributed by atoms with Gasteiger partial charge in [0, 0.05) is 12.5 Å². The van der Waals surface area contributed by atoms with Gasteiger partial charge in [-0.1, -0.05) is 30.7 Å². The lowest BCUT2D eigenvalue weighted by Crippen LogP contribution is -2.30. The average Bonchev–Trinajstić information content (AvgIpc) is 2.44. The number of para-hydroxylation sites is 1. The monoisotopic (exact) mass is 253 g/mol. The van der Waals surface area contributed by atoms with Crippen molar-refractivity contribution in [1.82, 2.24) is 4.90 Å². The van der Waals surface area contributed by atoms with Gasteiger partial charge in [0.15, 0.2) is 0 Å². The first-order valence-corrected chi connectivity index (χ1v) is 6.64. The van der Waals surface area contributed by atoms with E-state index in [1.807, 2.05) is 24.3 Å². The second-order valence-corrected chi connectivity index (χ2v) is 5.38. The van der Waals surface area contributed by atoms with Crippen LogP contribution >= 0.6 is 11.6 Å². The molecule has 1 heterocycles. The van der Waals surface area contributed by atoms with E-state index in [9.17, 15) is 0 Å². The van der Waals surface area contributed by atoms with Crippen LogP contribution in [0.25, 0.3) is 0 Å². The maximum atomic E-state index is 6.13. The Morgan fingerprint density at radius 3 is 2.88 bits per heavy atom.